The maximum Gasteiger partial charge on any atom is 0.266 e. The molecule has 4 rings (SSSR count). The Hall–Kier alpha value is -1.29. The molecule has 0 radical (unpaired) electrons. The topological polar surface area (TPSA) is 141 Å². The Morgan fingerprint density at radius 2 is 1.71 bits per heavy atom. The van der Waals surface area contributed by atoms with Crippen LogP contribution in [-0.4, -0.2) is 59.4 Å². The molecule has 0 unspecified atom stereocenters. The van der Waals surface area contributed by atoms with Gasteiger partial charge in [-0.15, -0.1) is 0 Å². The molecule has 0 aliphatic heterocycles. The van der Waals surface area contributed by atoms with E-state index in [9.17, 15) is 32.8 Å². The van der Waals surface area contributed by atoms with Gasteiger partial charge in [-0.1, -0.05) is 48.0 Å². The lowest BCUT2D eigenvalue weighted by Crippen LogP contribution is -2.65. The zero-order valence-electron chi connectivity index (χ0n) is 26.8. The number of hydrogen-bond acceptors (Lipinski definition) is 6. The molecule has 0 aromatic heterocycles. The highest BCUT2D eigenvalue weighted by Gasteiger charge is 2.70. The fourth-order valence-corrected chi connectivity index (χ4v) is 10.9. The molecule has 0 bridgehead atoms. The number of aliphatic hydroxyl groups excluding tert-OH is 2. The molecular weight excluding hydrogens is 554 g/mol. The monoisotopic (exact) mass is 609 g/mol. The van der Waals surface area contributed by atoms with Crippen molar-refractivity contribution in [3.8, 4) is 0 Å². The maximum absolute atomic E-state index is 13.7. The molecule has 0 spiro atoms. The summed E-state index contributed by atoms with van der Waals surface area (Å²) in [4.78, 5) is 27.1. The predicted octanol–water partition coefficient (Wildman–Crippen LogP) is 4.94. The lowest BCUT2D eigenvalue weighted by Gasteiger charge is -2.69. The van der Waals surface area contributed by atoms with Gasteiger partial charge in [-0.05, 0) is 110 Å². The number of carbonyl (C=O) groups is 2. The summed E-state index contributed by atoms with van der Waals surface area (Å²) in [6.07, 6.45) is 5.84. The SMILES string of the molecule is CC(=O)[C@H]1C[C@@]2(C)[C@@H](C[C@@H](O)[C@H]3[C@@]4(C)CC[C@@H](O)[C@@H](C)[C@@H]4CC[C@@]32C)/C1=C(\CCCC(C)C)C(=O)NCCS(=O)(=O)O. The summed E-state index contributed by atoms with van der Waals surface area (Å²) in [7, 11) is -4.23. The minimum Gasteiger partial charge on any atom is -0.393 e. The average Bonchev–Trinajstić information content (AvgIpc) is 3.17. The van der Waals surface area contributed by atoms with Gasteiger partial charge in [-0.2, -0.15) is 8.42 Å². The molecule has 4 saturated carbocycles. The summed E-state index contributed by atoms with van der Waals surface area (Å²) in [5.41, 5.74) is 0.709. The summed E-state index contributed by atoms with van der Waals surface area (Å²) in [6.45, 7) is 14.7. The third-order valence-corrected chi connectivity index (χ3v) is 13.4. The number of fused-ring (bicyclic) bond motifs is 5. The van der Waals surface area contributed by atoms with Crippen LogP contribution in [0.1, 0.15) is 106 Å². The van der Waals surface area contributed by atoms with Gasteiger partial charge in [-0.3, -0.25) is 14.1 Å². The van der Waals surface area contributed by atoms with Crippen LogP contribution in [0.5, 0.6) is 0 Å². The first-order chi connectivity index (χ1) is 19.4. The number of aliphatic hydroxyl groups is 2. The van der Waals surface area contributed by atoms with Crippen LogP contribution in [0.15, 0.2) is 11.1 Å². The lowest BCUT2D eigenvalue weighted by molar-refractivity contribution is -0.233. The van der Waals surface area contributed by atoms with Gasteiger partial charge in [0.25, 0.3) is 10.1 Å². The first kappa shape index (κ1) is 33.6. The highest BCUT2D eigenvalue weighted by Crippen LogP contribution is 2.75. The third-order valence-electron chi connectivity index (χ3n) is 12.7. The Labute approximate surface area is 253 Å². The molecule has 0 aromatic rings. The van der Waals surface area contributed by atoms with Crippen LogP contribution in [0.25, 0.3) is 0 Å². The van der Waals surface area contributed by atoms with Gasteiger partial charge in [0.1, 0.15) is 5.78 Å². The molecule has 4 fully saturated rings. The van der Waals surface area contributed by atoms with E-state index in [1.165, 1.54) is 0 Å². The van der Waals surface area contributed by atoms with Crippen molar-refractivity contribution in [2.75, 3.05) is 12.3 Å². The molecule has 9 heteroatoms. The second kappa shape index (κ2) is 11.9. The summed E-state index contributed by atoms with van der Waals surface area (Å²) in [5.74, 6) is -0.520. The fourth-order valence-electron chi connectivity index (χ4n) is 10.5. The maximum atomic E-state index is 13.7. The minimum atomic E-state index is -4.23. The van der Waals surface area contributed by atoms with Crippen molar-refractivity contribution in [2.45, 2.75) is 118 Å². The van der Waals surface area contributed by atoms with E-state index in [0.717, 1.165) is 44.1 Å². The van der Waals surface area contributed by atoms with E-state index in [2.05, 4.69) is 46.9 Å². The second-order valence-electron chi connectivity index (χ2n) is 15.4. The van der Waals surface area contributed by atoms with Gasteiger partial charge in [-0.25, -0.2) is 0 Å². The van der Waals surface area contributed by atoms with Crippen LogP contribution in [0, 0.1) is 51.8 Å². The minimum absolute atomic E-state index is 0.0247. The van der Waals surface area contributed by atoms with Gasteiger partial charge in [0.2, 0.25) is 5.91 Å². The molecule has 4 aliphatic rings. The van der Waals surface area contributed by atoms with E-state index in [1.807, 2.05) is 0 Å². The molecule has 4 N–H and O–H groups in total. The Morgan fingerprint density at radius 3 is 2.31 bits per heavy atom. The zero-order chi connectivity index (χ0) is 31.4. The summed E-state index contributed by atoms with van der Waals surface area (Å²) in [5, 5.41) is 25.5. The molecular formula is C33H55NO7S. The summed E-state index contributed by atoms with van der Waals surface area (Å²) in [6, 6.07) is 0. The molecule has 0 heterocycles. The number of carbonyl (C=O) groups excluding carboxylic acids is 2. The molecule has 0 saturated heterocycles. The first-order valence-electron chi connectivity index (χ1n) is 16.2. The largest absolute Gasteiger partial charge is 0.393 e. The smallest absolute Gasteiger partial charge is 0.266 e. The number of amides is 1. The van der Waals surface area contributed by atoms with E-state index >= 15 is 0 Å². The van der Waals surface area contributed by atoms with Crippen LogP contribution in [0.4, 0.5) is 0 Å². The quantitative estimate of drug-likeness (QED) is 0.214. The van der Waals surface area contributed by atoms with Crippen molar-refractivity contribution < 1.29 is 32.8 Å². The van der Waals surface area contributed by atoms with Crippen molar-refractivity contribution in [3.63, 3.8) is 0 Å². The van der Waals surface area contributed by atoms with E-state index in [4.69, 9.17) is 0 Å². The fraction of sp³-hybridized carbons (Fsp3) is 0.879. The zero-order valence-corrected chi connectivity index (χ0v) is 27.6. The van der Waals surface area contributed by atoms with Gasteiger partial charge >= 0.3 is 0 Å². The van der Waals surface area contributed by atoms with Crippen LogP contribution in [0.2, 0.25) is 0 Å². The van der Waals surface area contributed by atoms with Gasteiger partial charge in [0, 0.05) is 18.0 Å². The van der Waals surface area contributed by atoms with Crippen LogP contribution >= 0.6 is 0 Å². The van der Waals surface area contributed by atoms with Crippen molar-refractivity contribution in [1.29, 1.82) is 0 Å². The van der Waals surface area contributed by atoms with Crippen LogP contribution in [0.3, 0.4) is 0 Å². The predicted molar refractivity (Wildman–Crippen MR) is 163 cm³/mol. The van der Waals surface area contributed by atoms with Crippen LogP contribution < -0.4 is 5.32 Å². The molecule has 1 amide bonds. The number of hydrogen-bond donors (Lipinski definition) is 4. The van der Waals surface area contributed by atoms with E-state index in [1.54, 1.807) is 6.92 Å². The van der Waals surface area contributed by atoms with Crippen molar-refractivity contribution >= 4 is 21.8 Å². The number of ketones is 1. The molecule has 8 nitrogen and oxygen atoms in total. The van der Waals surface area contributed by atoms with Crippen molar-refractivity contribution in [2.24, 2.45) is 51.8 Å². The number of rotatable bonds is 9. The molecule has 240 valence electrons. The van der Waals surface area contributed by atoms with Crippen molar-refractivity contribution in [1.82, 2.24) is 5.32 Å². The highest BCUT2D eigenvalue weighted by molar-refractivity contribution is 7.85. The van der Waals surface area contributed by atoms with E-state index in [-0.39, 0.29) is 58.3 Å². The standard InChI is InChI=1S/C33H55NO7S/c1-19(2)9-8-10-22(30(38)34-15-16-42(39,40)41)28-23(21(4)35)18-33(7)25(28)17-27(37)29-31(5)13-12-26(36)20(3)24(31)11-14-32(29,33)6/h19-20,23-27,29,36-37H,8-18H2,1-7H3,(H,34,38)(H,39,40,41)/b28-22+/t20-,23+,24-,25-,26+,27+,29-,31-,32-,33-/m0/s1. The van der Waals surface area contributed by atoms with Crippen molar-refractivity contribution in [3.05, 3.63) is 11.1 Å². The summed E-state index contributed by atoms with van der Waals surface area (Å²) < 4.78 is 31.9. The Morgan fingerprint density at radius 1 is 1.05 bits per heavy atom. The Kier molecular flexibility index (Phi) is 9.52. The average molecular weight is 610 g/mol. The Bertz CT molecular complexity index is 1200. The van der Waals surface area contributed by atoms with Gasteiger partial charge in [0.15, 0.2) is 0 Å². The molecule has 0 aromatic carbocycles. The van der Waals surface area contributed by atoms with E-state index in [0.29, 0.717) is 36.7 Å². The Balaban J connectivity index is 1.79. The molecule has 42 heavy (non-hydrogen) atoms. The molecule has 10 atom stereocenters. The first-order valence-corrected chi connectivity index (χ1v) is 17.8. The number of Topliss-reactive ketones (excluding diaryl/α,β-unsaturated/α-hetero) is 1. The lowest BCUT2D eigenvalue weighted by atomic mass is 9.36. The third kappa shape index (κ3) is 5.77. The second-order valence-corrected chi connectivity index (χ2v) is 17.0. The number of nitrogens with one attached hydrogen (secondary N) is 1. The molecule has 4 aliphatic carbocycles. The van der Waals surface area contributed by atoms with Crippen LogP contribution in [-0.2, 0) is 19.7 Å². The number of allylic oxidation sites excluding steroid dienone is 1. The normalized spacial score (nSPS) is 42.9. The highest BCUT2D eigenvalue weighted by atomic mass is 32.2. The van der Waals surface area contributed by atoms with Gasteiger partial charge < -0.3 is 15.5 Å². The summed E-state index contributed by atoms with van der Waals surface area (Å²) >= 11 is 0. The van der Waals surface area contributed by atoms with Gasteiger partial charge in [0.05, 0.1) is 18.0 Å². The van der Waals surface area contributed by atoms with E-state index < -0.39 is 27.9 Å².